The van der Waals surface area contributed by atoms with Crippen molar-refractivity contribution in [2.24, 2.45) is 11.8 Å². The van der Waals surface area contributed by atoms with Gasteiger partial charge in [-0.2, -0.15) is 0 Å². The van der Waals surface area contributed by atoms with Gasteiger partial charge < -0.3 is 18.9 Å². The summed E-state index contributed by atoms with van der Waals surface area (Å²) in [6.07, 6.45) is 18.9. The number of ether oxygens (including phenoxy) is 4. The van der Waals surface area contributed by atoms with Gasteiger partial charge in [0, 0.05) is 21.5 Å². The van der Waals surface area contributed by atoms with Crippen molar-refractivity contribution in [3.63, 3.8) is 0 Å². The van der Waals surface area contributed by atoms with E-state index in [1.165, 1.54) is 76.2 Å². The normalized spacial score (nSPS) is 16.1. The van der Waals surface area contributed by atoms with E-state index < -0.39 is 0 Å². The van der Waals surface area contributed by atoms with E-state index in [9.17, 15) is 9.59 Å². The van der Waals surface area contributed by atoms with Crippen LogP contribution in [0.1, 0.15) is 109 Å². The van der Waals surface area contributed by atoms with Gasteiger partial charge in [0.05, 0.1) is 13.2 Å². The first-order valence-corrected chi connectivity index (χ1v) is 17.7. The number of rotatable bonds is 16. The smallest absolute Gasteiger partial charge is 0.344 e. The van der Waals surface area contributed by atoms with Crippen molar-refractivity contribution in [2.45, 2.75) is 110 Å². The molecule has 2 aliphatic rings. The van der Waals surface area contributed by atoms with Crippen LogP contribution in [0.3, 0.4) is 0 Å². The first kappa shape index (κ1) is 33.1. The number of benzene rings is 3. The summed E-state index contributed by atoms with van der Waals surface area (Å²) in [6, 6.07) is 14.2. The molecule has 244 valence electrons. The van der Waals surface area contributed by atoms with Crippen LogP contribution < -0.4 is 9.47 Å². The molecule has 0 saturated heterocycles. The van der Waals surface area contributed by atoms with Crippen LogP contribution in [0, 0.1) is 11.8 Å². The minimum absolute atomic E-state index is 0.155. The molecule has 2 saturated carbocycles. The van der Waals surface area contributed by atoms with Crippen molar-refractivity contribution in [2.75, 3.05) is 26.4 Å². The van der Waals surface area contributed by atoms with Crippen LogP contribution in [-0.4, -0.2) is 38.4 Å². The average Bonchev–Trinajstić information content (AvgIpc) is 3.07. The van der Waals surface area contributed by atoms with E-state index in [0.29, 0.717) is 36.5 Å². The predicted molar refractivity (Wildman–Crippen MR) is 180 cm³/mol. The number of fused-ring (bicyclic) bond motifs is 2. The Morgan fingerprint density at radius 1 is 0.644 bits per heavy atom. The van der Waals surface area contributed by atoms with Crippen LogP contribution in [0.5, 0.6) is 11.5 Å². The van der Waals surface area contributed by atoms with E-state index in [1.807, 2.05) is 24.3 Å². The van der Waals surface area contributed by atoms with Crippen molar-refractivity contribution in [3.05, 3.63) is 48.0 Å². The van der Waals surface area contributed by atoms with Gasteiger partial charge in [-0.25, -0.2) is 9.59 Å². The summed E-state index contributed by atoms with van der Waals surface area (Å²) in [4.78, 5) is 25.5. The molecule has 45 heavy (non-hydrogen) atoms. The molecule has 0 amide bonds. The lowest BCUT2D eigenvalue weighted by Gasteiger charge is -2.21. The maximum Gasteiger partial charge on any atom is 0.344 e. The molecule has 6 heteroatoms. The molecule has 0 heterocycles. The van der Waals surface area contributed by atoms with Crippen LogP contribution >= 0.6 is 0 Å². The van der Waals surface area contributed by atoms with E-state index in [4.69, 9.17) is 18.9 Å². The zero-order valence-electron chi connectivity index (χ0n) is 27.3. The Morgan fingerprint density at radius 2 is 1.16 bits per heavy atom. The number of hydrogen-bond acceptors (Lipinski definition) is 6. The first-order chi connectivity index (χ1) is 22.1. The fraction of sp³-hybridized carbons (Fsp3) is 0.590. The zero-order valence-corrected chi connectivity index (χ0v) is 27.3. The molecule has 0 aromatic heterocycles. The lowest BCUT2D eigenvalue weighted by molar-refractivity contribution is -0.147. The van der Waals surface area contributed by atoms with E-state index in [-0.39, 0.29) is 25.2 Å². The fourth-order valence-corrected chi connectivity index (χ4v) is 7.17. The van der Waals surface area contributed by atoms with Gasteiger partial charge in [-0.05, 0) is 49.1 Å². The van der Waals surface area contributed by atoms with Gasteiger partial charge in [0.1, 0.15) is 11.5 Å². The minimum Gasteiger partial charge on any atom is -0.481 e. The molecule has 3 aromatic carbocycles. The predicted octanol–water partition coefficient (Wildman–Crippen LogP) is 9.51. The molecule has 0 N–H and O–H groups in total. The van der Waals surface area contributed by atoms with Gasteiger partial charge in [-0.3, -0.25) is 0 Å². The Hall–Kier alpha value is -3.28. The molecule has 3 aromatic rings. The quantitative estimate of drug-likeness (QED) is 0.0907. The van der Waals surface area contributed by atoms with Gasteiger partial charge in [-0.1, -0.05) is 120 Å². The lowest BCUT2D eigenvalue weighted by Crippen LogP contribution is -2.18. The van der Waals surface area contributed by atoms with E-state index in [1.54, 1.807) is 0 Å². The molecule has 0 radical (unpaired) electrons. The summed E-state index contributed by atoms with van der Waals surface area (Å²) in [5, 5.41) is 3.40. The average molecular weight is 617 g/mol. The molecule has 6 nitrogen and oxygen atoms in total. The third-order valence-corrected chi connectivity index (χ3v) is 9.76. The third-order valence-electron chi connectivity index (χ3n) is 9.76. The van der Waals surface area contributed by atoms with Crippen LogP contribution in [0.15, 0.2) is 42.5 Å². The maximum atomic E-state index is 12.8. The molecule has 0 aliphatic heterocycles. The summed E-state index contributed by atoms with van der Waals surface area (Å²) < 4.78 is 23.7. The topological polar surface area (TPSA) is 71.1 Å². The molecular formula is C39H52O6. The van der Waals surface area contributed by atoms with Crippen molar-refractivity contribution < 1.29 is 28.5 Å². The number of hydrogen-bond donors (Lipinski definition) is 0. The highest BCUT2D eigenvalue weighted by Gasteiger charge is 2.20. The lowest BCUT2D eigenvalue weighted by atomic mass is 9.87. The van der Waals surface area contributed by atoms with Gasteiger partial charge >= 0.3 is 11.9 Å². The molecule has 0 unspecified atom stereocenters. The Labute approximate surface area is 269 Å². The molecule has 0 spiro atoms. The SMILES string of the molecule is CCCCCc1ccc2c(OCC(=O)OCCC3CCCCC3)c3ccccc3c(OCC(=O)OCCC3CCCCC3)c2c1. The van der Waals surface area contributed by atoms with E-state index in [2.05, 4.69) is 25.1 Å². The Balaban J connectivity index is 1.31. The third kappa shape index (κ3) is 9.61. The Kier molecular flexibility index (Phi) is 12.8. The molecule has 2 fully saturated rings. The van der Waals surface area contributed by atoms with Gasteiger partial charge in [-0.15, -0.1) is 0 Å². The highest BCUT2D eigenvalue weighted by molar-refractivity contribution is 6.11. The first-order valence-electron chi connectivity index (χ1n) is 17.7. The number of carbonyl (C=O) groups excluding carboxylic acids is 2. The zero-order chi connectivity index (χ0) is 31.3. The largest absolute Gasteiger partial charge is 0.481 e. The highest BCUT2D eigenvalue weighted by atomic mass is 16.6. The fourth-order valence-electron chi connectivity index (χ4n) is 7.17. The second-order valence-electron chi connectivity index (χ2n) is 13.1. The van der Waals surface area contributed by atoms with Crippen LogP contribution in [-0.2, 0) is 25.5 Å². The number of esters is 2. The number of carbonyl (C=O) groups is 2. The van der Waals surface area contributed by atoms with Crippen molar-refractivity contribution >= 4 is 33.5 Å². The molecule has 0 bridgehead atoms. The summed E-state index contributed by atoms with van der Waals surface area (Å²) in [5.41, 5.74) is 1.21. The van der Waals surface area contributed by atoms with Gasteiger partial charge in [0.2, 0.25) is 0 Å². The molecular weight excluding hydrogens is 564 g/mol. The monoisotopic (exact) mass is 616 g/mol. The van der Waals surface area contributed by atoms with E-state index >= 15 is 0 Å². The van der Waals surface area contributed by atoms with Crippen LogP contribution in [0.25, 0.3) is 21.5 Å². The second kappa shape index (κ2) is 17.4. The molecule has 5 rings (SSSR count). The van der Waals surface area contributed by atoms with Gasteiger partial charge in [0.15, 0.2) is 13.2 Å². The van der Waals surface area contributed by atoms with Crippen molar-refractivity contribution in [1.82, 2.24) is 0 Å². The van der Waals surface area contributed by atoms with Crippen LogP contribution in [0.4, 0.5) is 0 Å². The Morgan fingerprint density at radius 3 is 1.69 bits per heavy atom. The standard InChI is InChI=1S/C39H52O6/c1-2-3-6-17-31-20-21-34-35(26-31)39(45-28-37(41)43-25-23-30-15-9-5-10-16-30)33-19-12-11-18-32(33)38(34)44-27-36(40)42-24-22-29-13-7-4-8-14-29/h11-12,18-21,26,29-30H,2-10,13-17,22-25,27-28H2,1H3. The summed E-state index contributed by atoms with van der Waals surface area (Å²) in [5.74, 6) is 1.90. The summed E-state index contributed by atoms with van der Waals surface area (Å²) >= 11 is 0. The van der Waals surface area contributed by atoms with Crippen molar-refractivity contribution in [3.8, 4) is 11.5 Å². The summed E-state index contributed by atoms with van der Waals surface area (Å²) in [6.45, 7) is 2.78. The molecule has 0 atom stereocenters. The maximum absolute atomic E-state index is 12.8. The van der Waals surface area contributed by atoms with Gasteiger partial charge in [0.25, 0.3) is 0 Å². The number of unbranched alkanes of at least 4 members (excludes halogenated alkanes) is 2. The molecule has 2 aliphatic carbocycles. The van der Waals surface area contributed by atoms with E-state index in [0.717, 1.165) is 53.6 Å². The van der Waals surface area contributed by atoms with Crippen LogP contribution in [0.2, 0.25) is 0 Å². The number of aryl methyl sites for hydroxylation is 1. The van der Waals surface area contributed by atoms with Crippen molar-refractivity contribution in [1.29, 1.82) is 0 Å². The second-order valence-corrected chi connectivity index (χ2v) is 13.1. The minimum atomic E-state index is -0.351. The highest BCUT2D eigenvalue weighted by Crippen LogP contribution is 2.43. The Bertz CT molecular complexity index is 1390. The summed E-state index contributed by atoms with van der Waals surface area (Å²) in [7, 11) is 0.